The fourth-order valence-electron chi connectivity index (χ4n) is 2.41. The Balaban J connectivity index is 0. The van der Waals surface area contributed by atoms with Gasteiger partial charge in [0.15, 0.2) is 0 Å². The smallest absolute Gasteiger partial charge is 0.232 e. The van der Waals surface area contributed by atoms with Gasteiger partial charge in [-0.2, -0.15) is 0 Å². The SMILES string of the molecule is CC.CC.CCCC(C)N(C(=O)C(C)(C)C)c1cccc(CC)c1. The molecular formula is C22H41NO. The lowest BCUT2D eigenvalue weighted by Gasteiger charge is -2.34. The molecule has 0 aromatic heterocycles. The molecular weight excluding hydrogens is 294 g/mol. The van der Waals surface area contributed by atoms with Gasteiger partial charge in [-0.1, -0.05) is 80.9 Å². The zero-order valence-electron chi connectivity index (χ0n) is 17.9. The molecule has 1 atom stereocenters. The molecule has 0 N–H and O–H groups in total. The normalized spacial score (nSPS) is 11.4. The molecule has 0 saturated heterocycles. The van der Waals surface area contributed by atoms with Crippen molar-refractivity contribution in [2.45, 2.75) is 94.5 Å². The molecule has 0 heterocycles. The van der Waals surface area contributed by atoms with Crippen LogP contribution < -0.4 is 4.90 Å². The molecule has 0 spiro atoms. The average Bonchev–Trinajstić information content (AvgIpc) is 2.58. The summed E-state index contributed by atoms with van der Waals surface area (Å²) in [5, 5.41) is 0. The van der Waals surface area contributed by atoms with Crippen molar-refractivity contribution in [3.8, 4) is 0 Å². The van der Waals surface area contributed by atoms with Gasteiger partial charge in [0.1, 0.15) is 0 Å². The highest BCUT2D eigenvalue weighted by Crippen LogP contribution is 2.27. The number of nitrogens with zero attached hydrogens (tertiary/aromatic N) is 1. The summed E-state index contributed by atoms with van der Waals surface area (Å²) in [6.07, 6.45) is 3.11. The molecule has 0 radical (unpaired) electrons. The summed E-state index contributed by atoms with van der Waals surface area (Å²) in [5.74, 6) is 0.201. The molecule has 1 rings (SSSR count). The fraction of sp³-hybridized carbons (Fsp3) is 0.682. The Hall–Kier alpha value is -1.31. The second-order valence-corrected chi connectivity index (χ2v) is 6.59. The minimum atomic E-state index is -0.357. The molecule has 24 heavy (non-hydrogen) atoms. The molecule has 0 fully saturated rings. The number of aryl methyl sites for hydroxylation is 1. The van der Waals surface area contributed by atoms with E-state index < -0.39 is 0 Å². The van der Waals surface area contributed by atoms with E-state index in [9.17, 15) is 4.79 Å². The molecule has 1 amide bonds. The van der Waals surface area contributed by atoms with Crippen molar-refractivity contribution in [3.63, 3.8) is 0 Å². The zero-order chi connectivity index (χ0) is 19.3. The van der Waals surface area contributed by atoms with Crippen LogP contribution in [0.15, 0.2) is 24.3 Å². The Kier molecular flexibility index (Phi) is 13.5. The predicted octanol–water partition coefficient (Wildman–Crippen LogP) is 6.87. The first-order valence-corrected chi connectivity index (χ1v) is 9.73. The van der Waals surface area contributed by atoms with E-state index in [0.29, 0.717) is 0 Å². The second kappa shape index (κ2) is 13.0. The third kappa shape index (κ3) is 7.99. The van der Waals surface area contributed by atoms with E-state index in [-0.39, 0.29) is 17.4 Å². The molecule has 0 bridgehead atoms. The largest absolute Gasteiger partial charge is 0.309 e. The number of carbonyl (C=O) groups excluding carboxylic acids is 1. The average molecular weight is 336 g/mol. The summed E-state index contributed by atoms with van der Waals surface area (Å²) in [5.41, 5.74) is 1.95. The number of carbonyl (C=O) groups is 1. The molecule has 0 aliphatic rings. The van der Waals surface area contributed by atoms with Crippen LogP contribution in [0.3, 0.4) is 0 Å². The van der Waals surface area contributed by atoms with Crippen molar-refractivity contribution in [1.82, 2.24) is 0 Å². The molecule has 2 heteroatoms. The van der Waals surface area contributed by atoms with Gasteiger partial charge in [0, 0.05) is 17.1 Å². The van der Waals surface area contributed by atoms with Crippen LogP contribution in [0.4, 0.5) is 5.69 Å². The summed E-state index contributed by atoms with van der Waals surface area (Å²) < 4.78 is 0. The fourth-order valence-corrected chi connectivity index (χ4v) is 2.41. The number of hydrogen-bond donors (Lipinski definition) is 0. The van der Waals surface area contributed by atoms with Crippen molar-refractivity contribution in [3.05, 3.63) is 29.8 Å². The Morgan fingerprint density at radius 1 is 1.08 bits per heavy atom. The van der Waals surface area contributed by atoms with E-state index >= 15 is 0 Å². The monoisotopic (exact) mass is 335 g/mol. The standard InChI is InChI=1S/C18H29NO.2C2H6/c1-7-10-14(3)19(17(20)18(4,5)6)16-12-9-11-15(8-2)13-16;2*1-2/h9,11-14H,7-8,10H2,1-6H3;2*1-2H3. The highest BCUT2D eigenvalue weighted by Gasteiger charge is 2.31. The maximum absolute atomic E-state index is 12.8. The van der Waals surface area contributed by atoms with Crippen LogP contribution in [0.5, 0.6) is 0 Å². The van der Waals surface area contributed by atoms with Gasteiger partial charge >= 0.3 is 0 Å². The summed E-state index contributed by atoms with van der Waals surface area (Å²) in [4.78, 5) is 14.8. The molecule has 0 saturated carbocycles. The lowest BCUT2D eigenvalue weighted by Crippen LogP contribution is -2.45. The van der Waals surface area contributed by atoms with Gasteiger partial charge < -0.3 is 4.90 Å². The zero-order valence-corrected chi connectivity index (χ0v) is 17.9. The van der Waals surface area contributed by atoms with Crippen LogP contribution in [-0.4, -0.2) is 11.9 Å². The highest BCUT2D eigenvalue weighted by molar-refractivity contribution is 5.97. The molecule has 1 aromatic carbocycles. The van der Waals surface area contributed by atoms with Gasteiger partial charge in [0.05, 0.1) is 0 Å². The molecule has 1 unspecified atom stereocenters. The van der Waals surface area contributed by atoms with Crippen LogP contribution in [0.25, 0.3) is 0 Å². The van der Waals surface area contributed by atoms with Crippen LogP contribution in [-0.2, 0) is 11.2 Å². The van der Waals surface area contributed by atoms with Gasteiger partial charge in [-0.05, 0) is 37.5 Å². The Morgan fingerprint density at radius 3 is 2.04 bits per heavy atom. The van der Waals surface area contributed by atoms with Gasteiger partial charge in [-0.25, -0.2) is 0 Å². The maximum atomic E-state index is 12.8. The van der Waals surface area contributed by atoms with E-state index in [1.54, 1.807) is 0 Å². The van der Waals surface area contributed by atoms with Crippen LogP contribution in [0, 0.1) is 5.41 Å². The number of rotatable bonds is 5. The maximum Gasteiger partial charge on any atom is 0.232 e. The topological polar surface area (TPSA) is 20.3 Å². The lowest BCUT2D eigenvalue weighted by atomic mass is 9.93. The van der Waals surface area contributed by atoms with E-state index in [1.165, 1.54) is 5.56 Å². The van der Waals surface area contributed by atoms with Crippen molar-refractivity contribution in [2.75, 3.05) is 4.90 Å². The van der Waals surface area contributed by atoms with Crippen molar-refractivity contribution in [1.29, 1.82) is 0 Å². The first-order valence-electron chi connectivity index (χ1n) is 9.73. The number of benzene rings is 1. The van der Waals surface area contributed by atoms with E-state index in [1.807, 2.05) is 53.4 Å². The third-order valence-electron chi connectivity index (χ3n) is 3.60. The Bertz CT molecular complexity index is 446. The molecule has 0 aliphatic heterocycles. The first-order chi connectivity index (χ1) is 11.3. The quantitative estimate of drug-likeness (QED) is 0.575. The van der Waals surface area contributed by atoms with Crippen molar-refractivity contribution in [2.24, 2.45) is 5.41 Å². The van der Waals surface area contributed by atoms with Crippen LogP contribution >= 0.6 is 0 Å². The van der Waals surface area contributed by atoms with Crippen LogP contribution in [0.1, 0.15) is 87.6 Å². The third-order valence-corrected chi connectivity index (χ3v) is 3.60. The van der Waals surface area contributed by atoms with Crippen molar-refractivity contribution >= 4 is 11.6 Å². The summed E-state index contributed by atoms with van der Waals surface area (Å²) in [6, 6.07) is 8.60. The number of hydrogen-bond acceptors (Lipinski definition) is 1. The molecule has 1 aromatic rings. The van der Waals surface area contributed by atoms with E-state index in [4.69, 9.17) is 0 Å². The van der Waals surface area contributed by atoms with Gasteiger partial charge in [0.25, 0.3) is 0 Å². The summed E-state index contributed by atoms with van der Waals surface area (Å²) >= 11 is 0. The minimum Gasteiger partial charge on any atom is -0.309 e. The number of amides is 1. The first kappa shape index (κ1) is 24.9. The minimum absolute atomic E-state index is 0.201. The summed E-state index contributed by atoms with van der Waals surface area (Å²) in [7, 11) is 0. The van der Waals surface area contributed by atoms with E-state index in [0.717, 1.165) is 24.9 Å². The number of anilines is 1. The summed E-state index contributed by atoms with van der Waals surface area (Å²) in [6.45, 7) is 20.4. The lowest BCUT2D eigenvalue weighted by molar-refractivity contribution is -0.126. The Labute approximate surface area is 151 Å². The van der Waals surface area contributed by atoms with Gasteiger partial charge in [-0.3, -0.25) is 4.79 Å². The Morgan fingerprint density at radius 2 is 1.62 bits per heavy atom. The van der Waals surface area contributed by atoms with Gasteiger partial charge in [-0.15, -0.1) is 0 Å². The van der Waals surface area contributed by atoms with Crippen molar-refractivity contribution < 1.29 is 4.79 Å². The molecule has 0 aliphatic carbocycles. The van der Waals surface area contributed by atoms with Gasteiger partial charge in [0.2, 0.25) is 5.91 Å². The second-order valence-electron chi connectivity index (χ2n) is 6.59. The predicted molar refractivity (Wildman–Crippen MR) is 110 cm³/mol. The molecule has 2 nitrogen and oxygen atoms in total. The highest BCUT2D eigenvalue weighted by atomic mass is 16.2. The van der Waals surface area contributed by atoms with E-state index in [2.05, 4.69) is 45.0 Å². The molecule has 140 valence electrons. The van der Waals surface area contributed by atoms with Crippen LogP contribution in [0.2, 0.25) is 0 Å².